The Bertz CT molecular complexity index is 1110. The van der Waals surface area contributed by atoms with Crippen LogP contribution in [0.5, 0.6) is 0 Å². The van der Waals surface area contributed by atoms with E-state index in [1.807, 2.05) is 0 Å². The third-order valence-corrected chi connectivity index (χ3v) is 5.02. The summed E-state index contributed by atoms with van der Waals surface area (Å²) in [6.45, 7) is 0. The van der Waals surface area contributed by atoms with Gasteiger partial charge in [0, 0.05) is 10.7 Å². The van der Waals surface area contributed by atoms with Crippen molar-refractivity contribution in [3.8, 4) is 5.69 Å². The van der Waals surface area contributed by atoms with Crippen LogP contribution in [0.4, 0.5) is 11.4 Å². The highest BCUT2D eigenvalue weighted by Crippen LogP contribution is 2.24. The van der Waals surface area contributed by atoms with Gasteiger partial charge in [0.2, 0.25) is 15.9 Å². The number of nitrogens with two attached hydrogens (primary N) is 2. The van der Waals surface area contributed by atoms with E-state index in [-0.39, 0.29) is 28.6 Å². The Morgan fingerprint density at radius 2 is 1.96 bits per heavy atom. The normalized spacial score (nSPS) is 11.3. The summed E-state index contributed by atoms with van der Waals surface area (Å²) in [5, 5.41) is 12.4. The molecule has 27 heavy (non-hydrogen) atoms. The van der Waals surface area contributed by atoms with Crippen molar-refractivity contribution in [1.82, 2.24) is 9.78 Å². The third-order valence-electron chi connectivity index (χ3n) is 3.71. The van der Waals surface area contributed by atoms with Crippen LogP contribution in [-0.4, -0.2) is 24.1 Å². The molecule has 0 aliphatic carbocycles. The van der Waals surface area contributed by atoms with Gasteiger partial charge in [-0.2, -0.15) is 5.10 Å². The predicted octanol–water partition coefficient (Wildman–Crippen LogP) is 1.94. The molecule has 2 aromatic carbocycles. The smallest absolute Gasteiger partial charge is 0.240 e. The molecule has 0 fully saturated rings. The van der Waals surface area contributed by atoms with E-state index in [4.69, 9.17) is 22.5 Å². The number of sulfonamides is 1. The van der Waals surface area contributed by atoms with E-state index < -0.39 is 10.0 Å². The van der Waals surface area contributed by atoms with Crippen LogP contribution in [0.15, 0.2) is 59.8 Å². The van der Waals surface area contributed by atoms with Gasteiger partial charge < -0.3 is 11.1 Å². The molecule has 8 nitrogen and oxygen atoms in total. The number of nitrogens with zero attached hydrogens (tertiary/aromatic N) is 2. The summed E-state index contributed by atoms with van der Waals surface area (Å²) in [6.07, 6.45) is 2.88. The monoisotopic (exact) mass is 405 g/mol. The Morgan fingerprint density at radius 3 is 2.59 bits per heavy atom. The number of amides is 1. The number of carbonyl (C=O) groups excluding carboxylic acids is 1. The standard InChI is InChI=1S/C17H16ClN5O3S/c18-14-4-2-1-3-11(14)7-17(24)22-13-5-6-15(16(8-13)27(20,25)26)23-10-12(19)9-21-23/h1-6,8-10H,7,19H2,(H,22,24)(H2,20,25,26). The van der Waals surface area contributed by atoms with Crippen molar-refractivity contribution < 1.29 is 13.2 Å². The maximum absolute atomic E-state index is 12.3. The Morgan fingerprint density at radius 1 is 1.22 bits per heavy atom. The molecule has 0 radical (unpaired) electrons. The highest BCUT2D eigenvalue weighted by Gasteiger charge is 2.18. The molecule has 1 aromatic heterocycles. The molecule has 0 aliphatic rings. The number of halogens is 1. The molecule has 5 N–H and O–H groups in total. The number of hydrogen-bond acceptors (Lipinski definition) is 5. The van der Waals surface area contributed by atoms with Crippen LogP contribution in [-0.2, 0) is 21.2 Å². The van der Waals surface area contributed by atoms with Gasteiger partial charge in [-0.25, -0.2) is 18.2 Å². The van der Waals surface area contributed by atoms with E-state index in [2.05, 4.69) is 10.4 Å². The van der Waals surface area contributed by atoms with Crippen molar-refractivity contribution in [3.05, 3.63) is 65.4 Å². The molecule has 1 heterocycles. The van der Waals surface area contributed by atoms with Gasteiger partial charge in [0.05, 0.1) is 30.2 Å². The number of aromatic nitrogens is 2. The first-order valence-corrected chi connectivity index (χ1v) is 9.67. The number of primary sulfonamides is 1. The minimum absolute atomic E-state index is 0.0435. The van der Waals surface area contributed by atoms with Crippen molar-refractivity contribution >= 4 is 38.9 Å². The van der Waals surface area contributed by atoms with Gasteiger partial charge in [0.1, 0.15) is 4.90 Å². The zero-order valence-corrected chi connectivity index (χ0v) is 15.5. The van der Waals surface area contributed by atoms with Crippen molar-refractivity contribution in [2.75, 3.05) is 11.1 Å². The fourth-order valence-electron chi connectivity index (χ4n) is 2.50. The molecule has 0 atom stereocenters. The lowest BCUT2D eigenvalue weighted by Gasteiger charge is -2.12. The second kappa shape index (κ2) is 7.39. The summed E-state index contributed by atoms with van der Waals surface area (Å²) in [5.74, 6) is -0.348. The zero-order chi connectivity index (χ0) is 19.6. The molecule has 0 unspecified atom stereocenters. The molecular formula is C17H16ClN5O3S. The minimum atomic E-state index is -4.07. The maximum Gasteiger partial charge on any atom is 0.240 e. The van der Waals surface area contributed by atoms with E-state index in [9.17, 15) is 13.2 Å². The van der Waals surface area contributed by atoms with E-state index >= 15 is 0 Å². The predicted molar refractivity (Wildman–Crippen MR) is 103 cm³/mol. The van der Waals surface area contributed by atoms with E-state index in [0.29, 0.717) is 16.3 Å². The summed E-state index contributed by atoms with van der Waals surface area (Å²) in [7, 11) is -4.07. The fraction of sp³-hybridized carbons (Fsp3) is 0.0588. The zero-order valence-electron chi connectivity index (χ0n) is 14.0. The Kier molecular flexibility index (Phi) is 5.17. The second-order valence-corrected chi connectivity index (χ2v) is 7.70. The second-order valence-electron chi connectivity index (χ2n) is 5.76. The molecule has 0 saturated carbocycles. The maximum atomic E-state index is 12.3. The van der Waals surface area contributed by atoms with Crippen LogP contribution in [0.1, 0.15) is 5.56 Å². The summed E-state index contributed by atoms with van der Waals surface area (Å²) >= 11 is 6.05. The van der Waals surface area contributed by atoms with Crippen molar-refractivity contribution in [1.29, 1.82) is 0 Å². The molecule has 140 valence electrons. The number of anilines is 2. The van der Waals surface area contributed by atoms with E-state index in [1.54, 1.807) is 30.3 Å². The summed E-state index contributed by atoms with van der Waals surface area (Å²) in [6, 6.07) is 11.3. The molecule has 1 amide bonds. The molecule has 3 aromatic rings. The van der Waals surface area contributed by atoms with Crippen LogP contribution in [0.3, 0.4) is 0 Å². The van der Waals surface area contributed by atoms with E-state index in [1.165, 1.54) is 29.2 Å². The van der Waals surface area contributed by atoms with Gasteiger partial charge in [-0.05, 0) is 29.8 Å². The average Bonchev–Trinajstić information content (AvgIpc) is 3.02. The molecule has 0 saturated heterocycles. The molecular weight excluding hydrogens is 390 g/mol. The van der Waals surface area contributed by atoms with Crippen molar-refractivity contribution in [3.63, 3.8) is 0 Å². The fourth-order valence-corrected chi connectivity index (χ4v) is 3.44. The number of hydrogen-bond donors (Lipinski definition) is 3. The molecule has 10 heteroatoms. The summed E-state index contributed by atoms with van der Waals surface area (Å²) < 4.78 is 25.3. The average molecular weight is 406 g/mol. The van der Waals surface area contributed by atoms with Crippen LogP contribution in [0.25, 0.3) is 5.69 Å². The molecule has 0 aliphatic heterocycles. The highest BCUT2D eigenvalue weighted by molar-refractivity contribution is 7.89. The lowest BCUT2D eigenvalue weighted by Crippen LogP contribution is -2.18. The third kappa shape index (κ3) is 4.45. The van der Waals surface area contributed by atoms with Gasteiger partial charge in [-0.15, -0.1) is 0 Å². The van der Waals surface area contributed by atoms with Crippen LogP contribution in [0.2, 0.25) is 5.02 Å². The van der Waals surface area contributed by atoms with Crippen LogP contribution >= 0.6 is 11.6 Å². The number of benzene rings is 2. The van der Waals surface area contributed by atoms with Gasteiger partial charge in [-0.3, -0.25) is 4.79 Å². The number of rotatable bonds is 5. The summed E-state index contributed by atoms with van der Waals surface area (Å²) in [5.41, 5.74) is 7.15. The Labute approximate surface area is 160 Å². The molecule has 0 spiro atoms. The van der Waals surface area contributed by atoms with Crippen molar-refractivity contribution in [2.24, 2.45) is 5.14 Å². The summed E-state index contributed by atoms with van der Waals surface area (Å²) in [4.78, 5) is 12.1. The molecule has 3 rings (SSSR count). The Balaban J connectivity index is 1.89. The largest absolute Gasteiger partial charge is 0.396 e. The van der Waals surface area contributed by atoms with Crippen molar-refractivity contribution in [2.45, 2.75) is 11.3 Å². The van der Waals surface area contributed by atoms with Gasteiger partial charge in [0.15, 0.2) is 0 Å². The van der Waals surface area contributed by atoms with Gasteiger partial charge in [-0.1, -0.05) is 29.8 Å². The SMILES string of the molecule is Nc1cnn(-c2ccc(NC(=O)Cc3ccccc3Cl)cc2S(N)(=O)=O)c1. The van der Waals surface area contributed by atoms with Gasteiger partial charge >= 0.3 is 0 Å². The van der Waals surface area contributed by atoms with Crippen LogP contribution < -0.4 is 16.2 Å². The number of nitrogens with one attached hydrogen (secondary N) is 1. The number of nitrogen functional groups attached to an aromatic ring is 1. The number of carbonyl (C=O) groups is 1. The quantitative estimate of drug-likeness (QED) is 0.596. The van der Waals surface area contributed by atoms with E-state index in [0.717, 1.165) is 0 Å². The lowest BCUT2D eigenvalue weighted by atomic mass is 10.1. The highest BCUT2D eigenvalue weighted by atomic mass is 35.5. The Hall–Kier alpha value is -2.88. The molecule has 0 bridgehead atoms. The first-order valence-electron chi connectivity index (χ1n) is 7.74. The van der Waals surface area contributed by atoms with Gasteiger partial charge in [0.25, 0.3) is 0 Å². The topological polar surface area (TPSA) is 133 Å². The lowest BCUT2D eigenvalue weighted by molar-refractivity contribution is -0.115. The first kappa shape index (κ1) is 18.9. The first-order chi connectivity index (χ1) is 12.7. The van der Waals surface area contributed by atoms with Crippen LogP contribution in [0, 0.1) is 0 Å². The minimum Gasteiger partial charge on any atom is -0.396 e.